The van der Waals surface area contributed by atoms with Crippen LogP contribution in [-0.2, 0) is 14.8 Å². The number of nitrogens with one attached hydrogen (secondary N) is 1. The molecule has 1 saturated heterocycles. The Bertz CT molecular complexity index is 1230. The molecule has 1 unspecified atom stereocenters. The van der Waals surface area contributed by atoms with Crippen LogP contribution in [-0.4, -0.2) is 61.2 Å². The average molecular weight is 466 g/mol. The Kier molecular flexibility index (Phi) is 5.80. The number of rotatable bonds is 6. The van der Waals surface area contributed by atoms with E-state index in [4.69, 9.17) is 26.8 Å². The van der Waals surface area contributed by atoms with Crippen LogP contribution in [0, 0.1) is 0 Å². The number of nitrogen functional groups attached to an aromatic ring is 1. The van der Waals surface area contributed by atoms with Gasteiger partial charge in [0, 0.05) is 23.5 Å². The van der Waals surface area contributed by atoms with Crippen LogP contribution in [0.3, 0.4) is 0 Å². The molecule has 164 valence electrons. The minimum Gasteiger partial charge on any atom is -0.491 e. The van der Waals surface area contributed by atoms with E-state index in [9.17, 15) is 18.3 Å². The maximum absolute atomic E-state index is 13.5. The number of ether oxygens (including phenoxy) is 2. The fourth-order valence-corrected chi connectivity index (χ4v) is 5.53. The van der Waals surface area contributed by atoms with E-state index in [1.54, 1.807) is 12.1 Å². The third kappa shape index (κ3) is 4.19. The molecule has 4 N–H and O–H groups in total. The van der Waals surface area contributed by atoms with Crippen molar-refractivity contribution in [1.29, 1.82) is 0 Å². The number of fused-ring (bicyclic) bond motifs is 1. The molecular formula is C20H20ClN3O6S. The SMILES string of the molecule is Nc1cc(Cl)cc2c(S(=O)(=O)N3CCOC(COc4ccccc4)C3)c(C(=O)O)[nH]c12. The van der Waals surface area contributed by atoms with Gasteiger partial charge in [0.05, 0.1) is 17.8 Å². The van der Waals surface area contributed by atoms with Crippen LogP contribution in [0.2, 0.25) is 5.02 Å². The summed E-state index contributed by atoms with van der Waals surface area (Å²) in [5.74, 6) is -0.775. The van der Waals surface area contributed by atoms with Crippen molar-refractivity contribution >= 4 is 44.2 Å². The normalized spacial score (nSPS) is 17.6. The third-order valence-electron chi connectivity index (χ3n) is 4.95. The molecule has 1 aliphatic rings. The van der Waals surface area contributed by atoms with Gasteiger partial charge in [-0.3, -0.25) is 0 Å². The number of halogens is 1. The third-order valence-corrected chi connectivity index (χ3v) is 7.12. The van der Waals surface area contributed by atoms with Gasteiger partial charge in [-0.05, 0) is 24.3 Å². The highest BCUT2D eigenvalue weighted by Gasteiger charge is 2.37. The van der Waals surface area contributed by atoms with E-state index in [1.807, 2.05) is 18.2 Å². The molecule has 1 fully saturated rings. The summed E-state index contributed by atoms with van der Waals surface area (Å²) < 4.78 is 39.5. The Hall–Kier alpha value is -2.79. The predicted octanol–water partition coefficient (Wildman–Crippen LogP) is 2.57. The van der Waals surface area contributed by atoms with E-state index >= 15 is 0 Å². The Morgan fingerprint density at radius 3 is 2.77 bits per heavy atom. The van der Waals surface area contributed by atoms with Crippen molar-refractivity contribution in [3.05, 3.63) is 53.2 Å². The molecule has 4 rings (SSSR count). The van der Waals surface area contributed by atoms with Gasteiger partial charge >= 0.3 is 5.97 Å². The maximum atomic E-state index is 13.5. The van der Waals surface area contributed by atoms with Gasteiger partial charge in [0.15, 0.2) is 0 Å². The van der Waals surface area contributed by atoms with E-state index in [0.717, 1.165) is 0 Å². The lowest BCUT2D eigenvalue weighted by Gasteiger charge is -2.32. The highest BCUT2D eigenvalue weighted by molar-refractivity contribution is 7.89. The fourth-order valence-electron chi connectivity index (χ4n) is 3.53. The number of carboxylic acids is 1. The minimum absolute atomic E-state index is 0.0109. The highest BCUT2D eigenvalue weighted by Crippen LogP contribution is 2.35. The summed E-state index contributed by atoms with van der Waals surface area (Å²) in [4.78, 5) is 14.1. The van der Waals surface area contributed by atoms with E-state index in [-0.39, 0.29) is 52.8 Å². The lowest BCUT2D eigenvalue weighted by Crippen LogP contribution is -2.47. The van der Waals surface area contributed by atoms with Crippen molar-refractivity contribution in [3.8, 4) is 5.75 Å². The van der Waals surface area contributed by atoms with Crippen LogP contribution in [0.1, 0.15) is 10.5 Å². The van der Waals surface area contributed by atoms with Crippen LogP contribution < -0.4 is 10.5 Å². The number of sulfonamides is 1. The number of H-pyrrole nitrogens is 1. The molecule has 0 radical (unpaired) electrons. The van der Waals surface area contributed by atoms with Crippen molar-refractivity contribution in [2.75, 3.05) is 32.0 Å². The number of aromatic nitrogens is 1. The smallest absolute Gasteiger partial charge is 0.353 e. The number of para-hydroxylation sites is 1. The number of nitrogens with zero attached hydrogens (tertiary/aromatic N) is 1. The summed E-state index contributed by atoms with van der Waals surface area (Å²) in [5.41, 5.74) is 5.82. The zero-order valence-corrected chi connectivity index (χ0v) is 17.8. The molecular weight excluding hydrogens is 446 g/mol. The number of aromatic amines is 1. The average Bonchev–Trinajstić information content (AvgIpc) is 3.14. The summed E-state index contributed by atoms with van der Waals surface area (Å²) in [5, 5.41) is 9.95. The summed E-state index contributed by atoms with van der Waals surface area (Å²) in [7, 11) is -4.20. The molecule has 0 saturated carbocycles. The van der Waals surface area contributed by atoms with Crippen LogP contribution in [0.4, 0.5) is 5.69 Å². The van der Waals surface area contributed by atoms with Crippen molar-refractivity contribution < 1.29 is 27.8 Å². The molecule has 2 aromatic carbocycles. The number of anilines is 1. The lowest BCUT2D eigenvalue weighted by molar-refractivity contribution is -0.0249. The molecule has 0 bridgehead atoms. The van der Waals surface area contributed by atoms with Gasteiger partial charge in [0.25, 0.3) is 0 Å². The number of hydrogen-bond donors (Lipinski definition) is 3. The Morgan fingerprint density at radius 2 is 2.06 bits per heavy atom. The van der Waals surface area contributed by atoms with Crippen molar-refractivity contribution in [3.63, 3.8) is 0 Å². The summed E-state index contributed by atoms with van der Waals surface area (Å²) in [6.45, 7) is 0.382. The molecule has 1 aliphatic heterocycles. The van der Waals surface area contributed by atoms with Crippen molar-refractivity contribution in [1.82, 2.24) is 9.29 Å². The van der Waals surface area contributed by atoms with Gasteiger partial charge in [-0.1, -0.05) is 29.8 Å². The summed E-state index contributed by atoms with van der Waals surface area (Å²) in [6.07, 6.45) is -0.518. The van der Waals surface area contributed by atoms with E-state index in [0.29, 0.717) is 5.75 Å². The zero-order valence-electron chi connectivity index (χ0n) is 16.2. The quantitative estimate of drug-likeness (QED) is 0.476. The standard InChI is InChI=1S/C20H20ClN3O6S/c21-12-8-15-17(16(22)9-12)23-18(20(25)26)19(15)31(27,28)24-6-7-29-14(10-24)11-30-13-4-2-1-3-5-13/h1-5,8-9,14,23H,6-7,10-11,22H2,(H,25,26). The number of morpholine rings is 1. The summed E-state index contributed by atoms with van der Waals surface area (Å²) >= 11 is 6.06. The Morgan fingerprint density at radius 1 is 1.32 bits per heavy atom. The molecule has 3 aromatic rings. The van der Waals surface area contributed by atoms with Gasteiger partial charge in [0.1, 0.15) is 29.0 Å². The van der Waals surface area contributed by atoms with Crippen LogP contribution >= 0.6 is 11.6 Å². The molecule has 1 aromatic heterocycles. The second-order valence-electron chi connectivity index (χ2n) is 7.03. The van der Waals surface area contributed by atoms with Crippen molar-refractivity contribution in [2.24, 2.45) is 0 Å². The first kappa shape index (κ1) is 21.4. The zero-order chi connectivity index (χ0) is 22.2. The molecule has 0 spiro atoms. The Balaban J connectivity index is 1.65. The first-order valence-corrected chi connectivity index (χ1v) is 11.2. The minimum atomic E-state index is -4.20. The van der Waals surface area contributed by atoms with E-state index in [2.05, 4.69) is 4.98 Å². The number of aromatic carboxylic acids is 1. The molecule has 31 heavy (non-hydrogen) atoms. The number of nitrogens with two attached hydrogens (primary N) is 1. The number of carbonyl (C=O) groups is 1. The van der Waals surface area contributed by atoms with E-state index in [1.165, 1.54) is 16.4 Å². The number of benzene rings is 2. The first-order valence-electron chi connectivity index (χ1n) is 9.41. The van der Waals surface area contributed by atoms with Crippen molar-refractivity contribution in [2.45, 2.75) is 11.0 Å². The van der Waals surface area contributed by atoms with Gasteiger partial charge in [-0.15, -0.1) is 0 Å². The molecule has 11 heteroatoms. The fraction of sp³-hybridized carbons (Fsp3) is 0.250. The van der Waals surface area contributed by atoms with Crippen LogP contribution in [0.15, 0.2) is 47.4 Å². The monoisotopic (exact) mass is 465 g/mol. The van der Waals surface area contributed by atoms with Crippen LogP contribution in [0.25, 0.3) is 10.9 Å². The van der Waals surface area contributed by atoms with Gasteiger partial charge in [0.2, 0.25) is 10.0 Å². The molecule has 2 heterocycles. The second kappa shape index (κ2) is 8.39. The van der Waals surface area contributed by atoms with Gasteiger partial charge in [-0.2, -0.15) is 4.31 Å². The highest BCUT2D eigenvalue weighted by atomic mass is 35.5. The molecule has 0 amide bonds. The molecule has 1 atom stereocenters. The topological polar surface area (TPSA) is 135 Å². The number of hydrogen-bond acceptors (Lipinski definition) is 6. The largest absolute Gasteiger partial charge is 0.491 e. The predicted molar refractivity (Wildman–Crippen MR) is 115 cm³/mol. The second-order valence-corrected chi connectivity index (χ2v) is 9.34. The lowest BCUT2D eigenvalue weighted by atomic mass is 10.2. The van der Waals surface area contributed by atoms with E-state index < -0.39 is 27.8 Å². The van der Waals surface area contributed by atoms with Crippen LogP contribution in [0.5, 0.6) is 5.75 Å². The number of carboxylic acid groups (broad SMARTS) is 1. The molecule has 9 nitrogen and oxygen atoms in total. The molecule has 0 aliphatic carbocycles. The van der Waals surface area contributed by atoms with Gasteiger partial charge < -0.3 is 25.3 Å². The maximum Gasteiger partial charge on any atom is 0.353 e. The Labute approximate surface area is 183 Å². The van der Waals surface area contributed by atoms with Gasteiger partial charge in [-0.25, -0.2) is 13.2 Å². The first-order chi connectivity index (χ1) is 14.8. The summed E-state index contributed by atoms with van der Waals surface area (Å²) in [6, 6.07) is 11.9.